The van der Waals surface area contributed by atoms with E-state index in [1.807, 2.05) is 0 Å². The third kappa shape index (κ3) is 1.89. The van der Waals surface area contributed by atoms with Crippen molar-refractivity contribution < 1.29 is 14.4 Å². The van der Waals surface area contributed by atoms with Crippen LogP contribution in [-0.2, 0) is 11.8 Å². The summed E-state index contributed by atoms with van der Waals surface area (Å²) in [5.41, 5.74) is 1.86. The summed E-state index contributed by atoms with van der Waals surface area (Å²) in [6.07, 6.45) is 2.31. The molecule has 2 aliphatic rings. The van der Waals surface area contributed by atoms with E-state index in [4.69, 9.17) is 0 Å². The number of amides is 1. The van der Waals surface area contributed by atoms with Gasteiger partial charge in [-0.1, -0.05) is 24.3 Å². The Labute approximate surface area is 138 Å². The second kappa shape index (κ2) is 4.99. The summed E-state index contributed by atoms with van der Waals surface area (Å²) in [6.45, 7) is 0.665. The molecular weight excluding hydrogens is 306 g/mol. The van der Waals surface area contributed by atoms with Gasteiger partial charge >= 0.3 is 0 Å². The minimum atomic E-state index is -0.254. The Morgan fingerprint density at radius 3 is 2.33 bits per heavy atom. The van der Waals surface area contributed by atoms with E-state index >= 15 is 0 Å². The highest BCUT2D eigenvalue weighted by Gasteiger charge is 2.34. The number of carbonyl (C=O) groups is 3. The van der Waals surface area contributed by atoms with E-state index in [1.165, 1.54) is 0 Å². The Morgan fingerprint density at radius 1 is 1.04 bits per heavy atom. The Balaban J connectivity index is 1.86. The summed E-state index contributed by atoms with van der Waals surface area (Å²) in [5.74, 6) is -0.0601. The number of hydrogen-bond acceptors (Lipinski definition) is 4. The maximum absolute atomic E-state index is 12.7. The van der Waals surface area contributed by atoms with Gasteiger partial charge in [0.05, 0.1) is 0 Å². The molecule has 0 unspecified atom stereocenters. The van der Waals surface area contributed by atoms with Crippen LogP contribution in [0.3, 0.4) is 0 Å². The van der Waals surface area contributed by atoms with Gasteiger partial charge in [0.15, 0.2) is 0 Å². The van der Waals surface area contributed by atoms with Crippen LogP contribution in [0.5, 0.6) is 0 Å². The van der Waals surface area contributed by atoms with Gasteiger partial charge in [-0.3, -0.25) is 14.4 Å². The van der Waals surface area contributed by atoms with Crippen molar-refractivity contribution in [3.05, 3.63) is 58.2 Å². The largest absolute Gasteiger partial charge is 0.342 e. The zero-order valence-electron chi connectivity index (χ0n) is 13.4. The zero-order valence-corrected chi connectivity index (χ0v) is 13.4. The topological polar surface area (TPSA) is 72.3 Å². The molecule has 1 aromatic heterocycles. The van der Waals surface area contributed by atoms with E-state index in [1.54, 1.807) is 53.9 Å². The SMILES string of the molecule is CN1CC/C(=C/c2nc3c(n2C)C(=O)c2ccccc2C3=O)C1=O. The smallest absolute Gasteiger partial charge is 0.249 e. The number of likely N-dealkylation sites (N-methyl/N-ethyl adjacent to an activating group) is 1. The van der Waals surface area contributed by atoms with Crippen LogP contribution in [0, 0.1) is 0 Å². The molecule has 0 atom stereocenters. The number of benzene rings is 1. The van der Waals surface area contributed by atoms with E-state index in [0.29, 0.717) is 35.5 Å². The average Bonchev–Trinajstić information content (AvgIpc) is 3.08. The minimum absolute atomic E-state index is 0.0445. The van der Waals surface area contributed by atoms with E-state index < -0.39 is 0 Å². The van der Waals surface area contributed by atoms with Crippen LogP contribution in [0.4, 0.5) is 0 Å². The molecule has 1 aliphatic carbocycles. The molecule has 24 heavy (non-hydrogen) atoms. The first-order valence-corrected chi connectivity index (χ1v) is 7.70. The number of aromatic nitrogens is 2. The highest BCUT2D eigenvalue weighted by Crippen LogP contribution is 2.28. The predicted molar refractivity (Wildman–Crippen MR) is 86.7 cm³/mol. The van der Waals surface area contributed by atoms with Gasteiger partial charge < -0.3 is 9.47 Å². The minimum Gasteiger partial charge on any atom is -0.342 e. The fourth-order valence-corrected chi connectivity index (χ4v) is 3.23. The number of rotatable bonds is 1. The molecule has 0 saturated carbocycles. The summed E-state index contributed by atoms with van der Waals surface area (Å²) >= 11 is 0. The Morgan fingerprint density at radius 2 is 1.71 bits per heavy atom. The van der Waals surface area contributed by atoms with Crippen molar-refractivity contribution >= 4 is 23.5 Å². The maximum atomic E-state index is 12.7. The molecule has 0 radical (unpaired) electrons. The first-order valence-electron chi connectivity index (χ1n) is 7.70. The van der Waals surface area contributed by atoms with Crippen molar-refractivity contribution in [3.8, 4) is 0 Å². The molecular formula is C18H15N3O3. The van der Waals surface area contributed by atoms with Gasteiger partial charge in [0.2, 0.25) is 17.5 Å². The van der Waals surface area contributed by atoms with Crippen molar-refractivity contribution in [2.24, 2.45) is 7.05 Å². The molecule has 6 nitrogen and oxygen atoms in total. The van der Waals surface area contributed by atoms with Crippen molar-refractivity contribution in [3.63, 3.8) is 0 Å². The van der Waals surface area contributed by atoms with Gasteiger partial charge in [0.25, 0.3) is 0 Å². The molecule has 0 bridgehead atoms. The highest BCUT2D eigenvalue weighted by molar-refractivity contribution is 6.27. The Kier molecular flexibility index (Phi) is 3.03. The lowest BCUT2D eigenvalue weighted by atomic mass is 9.90. The van der Waals surface area contributed by atoms with E-state index in [2.05, 4.69) is 4.98 Å². The molecule has 1 aliphatic heterocycles. The number of imidazole rings is 1. The number of nitrogens with zero attached hydrogens (tertiary/aromatic N) is 3. The number of likely N-dealkylation sites (tertiary alicyclic amines) is 1. The van der Waals surface area contributed by atoms with Gasteiger partial charge in [0, 0.05) is 37.3 Å². The summed E-state index contributed by atoms with van der Waals surface area (Å²) in [4.78, 5) is 43.4. The van der Waals surface area contributed by atoms with Crippen molar-refractivity contribution in [2.75, 3.05) is 13.6 Å². The average molecular weight is 321 g/mol. The third-order valence-electron chi connectivity index (χ3n) is 4.62. The van der Waals surface area contributed by atoms with Crippen LogP contribution >= 0.6 is 0 Å². The second-order valence-corrected chi connectivity index (χ2v) is 6.08. The van der Waals surface area contributed by atoms with E-state index in [9.17, 15) is 14.4 Å². The molecule has 1 saturated heterocycles. The number of ketones is 2. The predicted octanol–water partition coefficient (Wildman–Crippen LogP) is 1.44. The number of fused-ring (bicyclic) bond motifs is 2. The van der Waals surface area contributed by atoms with Crippen LogP contribution in [0.1, 0.15) is 44.3 Å². The van der Waals surface area contributed by atoms with Crippen LogP contribution in [0.15, 0.2) is 29.8 Å². The third-order valence-corrected chi connectivity index (χ3v) is 4.62. The van der Waals surface area contributed by atoms with Gasteiger partial charge in [-0.05, 0) is 12.5 Å². The lowest BCUT2D eigenvalue weighted by molar-refractivity contribution is -0.123. The molecule has 6 heteroatoms. The molecule has 120 valence electrons. The van der Waals surface area contributed by atoms with Gasteiger partial charge in [-0.25, -0.2) is 4.98 Å². The summed E-state index contributed by atoms with van der Waals surface area (Å²) in [5, 5.41) is 0. The van der Waals surface area contributed by atoms with Gasteiger partial charge in [-0.15, -0.1) is 0 Å². The first kappa shape index (κ1) is 14.6. The Bertz CT molecular complexity index is 952. The normalized spacial score (nSPS) is 18.3. The van der Waals surface area contributed by atoms with Crippen LogP contribution in [0.25, 0.3) is 6.08 Å². The van der Waals surface area contributed by atoms with Crippen molar-refractivity contribution in [1.82, 2.24) is 14.5 Å². The molecule has 1 aromatic carbocycles. The van der Waals surface area contributed by atoms with Crippen LogP contribution < -0.4 is 0 Å². The summed E-state index contributed by atoms with van der Waals surface area (Å²) in [7, 11) is 3.44. The fraction of sp³-hybridized carbons (Fsp3) is 0.222. The second-order valence-electron chi connectivity index (χ2n) is 6.08. The summed E-state index contributed by atoms with van der Waals surface area (Å²) in [6, 6.07) is 6.76. The number of hydrogen-bond donors (Lipinski definition) is 0. The quantitative estimate of drug-likeness (QED) is 0.636. The first-order chi connectivity index (χ1) is 11.5. The lowest BCUT2D eigenvalue weighted by Gasteiger charge is -2.13. The monoisotopic (exact) mass is 321 g/mol. The van der Waals surface area contributed by atoms with Crippen molar-refractivity contribution in [1.29, 1.82) is 0 Å². The molecule has 1 fully saturated rings. The van der Waals surface area contributed by atoms with E-state index in [-0.39, 0.29) is 28.9 Å². The molecule has 4 rings (SSSR count). The molecule has 1 amide bonds. The molecule has 0 N–H and O–H groups in total. The fourth-order valence-electron chi connectivity index (χ4n) is 3.23. The maximum Gasteiger partial charge on any atom is 0.249 e. The van der Waals surface area contributed by atoms with Crippen LogP contribution in [-0.4, -0.2) is 45.5 Å². The van der Waals surface area contributed by atoms with E-state index in [0.717, 1.165) is 0 Å². The van der Waals surface area contributed by atoms with Crippen molar-refractivity contribution in [2.45, 2.75) is 6.42 Å². The van der Waals surface area contributed by atoms with Gasteiger partial charge in [0.1, 0.15) is 17.2 Å². The van der Waals surface area contributed by atoms with Gasteiger partial charge in [-0.2, -0.15) is 0 Å². The standard InChI is InChI=1S/C18H15N3O3/c1-20-8-7-10(18(20)24)9-13-19-14-15(21(13)2)17(23)12-6-4-3-5-11(12)16(14)22/h3-6,9H,7-8H2,1-2H3/b10-9-. The molecule has 0 spiro atoms. The lowest BCUT2D eigenvalue weighted by Crippen LogP contribution is -2.22. The molecule has 2 aromatic rings. The van der Waals surface area contributed by atoms with Crippen LogP contribution in [0.2, 0.25) is 0 Å². The molecule has 2 heterocycles. The summed E-state index contributed by atoms with van der Waals surface area (Å²) < 4.78 is 1.60. The highest BCUT2D eigenvalue weighted by atomic mass is 16.2. The zero-order chi connectivity index (χ0) is 17.0. The Hall–Kier alpha value is -3.02. The number of carbonyl (C=O) groups excluding carboxylic acids is 3.